The Hall–Kier alpha value is -2.30. The van der Waals surface area contributed by atoms with E-state index in [1.165, 1.54) is 0 Å². The van der Waals surface area contributed by atoms with Gasteiger partial charge in [-0.25, -0.2) is 0 Å². The van der Waals surface area contributed by atoms with Gasteiger partial charge >= 0.3 is 0 Å². The summed E-state index contributed by atoms with van der Waals surface area (Å²) in [5, 5.41) is 6.83. The number of benzene rings is 1. The minimum absolute atomic E-state index is 0.0633. The largest absolute Gasteiger partial charge is 0.489 e. The lowest BCUT2D eigenvalue weighted by atomic mass is 10.1. The Morgan fingerprint density at radius 1 is 1.32 bits per heavy atom. The average Bonchev–Trinajstić information content (AvgIpc) is 2.84. The van der Waals surface area contributed by atoms with E-state index >= 15 is 0 Å². The molecule has 118 valence electrons. The van der Waals surface area contributed by atoms with Crippen molar-refractivity contribution in [3.05, 3.63) is 46.8 Å². The maximum Gasteiger partial charge on any atom is 0.251 e. The van der Waals surface area contributed by atoms with E-state index in [0.29, 0.717) is 17.9 Å². The van der Waals surface area contributed by atoms with E-state index in [9.17, 15) is 4.79 Å². The molecule has 5 heteroatoms. The molecule has 1 aromatic heterocycles. The van der Waals surface area contributed by atoms with Gasteiger partial charge in [0.05, 0.1) is 11.3 Å². The molecule has 0 fully saturated rings. The van der Waals surface area contributed by atoms with Gasteiger partial charge in [-0.3, -0.25) is 4.79 Å². The van der Waals surface area contributed by atoms with E-state index in [4.69, 9.17) is 9.26 Å². The zero-order valence-corrected chi connectivity index (χ0v) is 13.5. The molecule has 1 amide bonds. The Morgan fingerprint density at radius 2 is 2.00 bits per heavy atom. The first-order chi connectivity index (χ1) is 10.5. The van der Waals surface area contributed by atoms with Gasteiger partial charge in [0.15, 0.2) is 0 Å². The van der Waals surface area contributed by atoms with Gasteiger partial charge in [0, 0.05) is 11.6 Å². The van der Waals surface area contributed by atoms with Crippen molar-refractivity contribution in [3.63, 3.8) is 0 Å². The second-order valence-corrected chi connectivity index (χ2v) is 5.40. The molecule has 5 nitrogen and oxygen atoms in total. The van der Waals surface area contributed by atoms with Crippen molar-refractivity contribution in [1.29, 1.82) is 0 Å². The highest BCUT2D eigenvalue weighted by Crippen LogP contribution is 2.18. The summed E-state index contributed by atoms with van der Waals surface area (Å²) in [5.74, 6) is 1.41. The highest BCUT2D eigenvalue weighted by atomic mass is 16.5. The molecule has 0 saturated heterocycles. The molecule has 22 heavy (non-hydrogen) atoms. The molecule has 2 rings (SSSR count). The number of hydrogen-bond acceptors (Lipinski definition) is 4. The van der Waals surface area contributed by atoms with Crippen LogP contribution < -0.4 is 10.1 Å². The standard InChI is InChI=1S/C17H22N2O3/c1-5-11(2)18-17(20)14-6-8-15(9-7-14)21-10-16-12(3)19-22-13(16)4/h6-9,11H,5,10H2,1-4H3,(H,18,20). The van der Waals surface area contributed by atoms with Crippen molar-refractivity contribution in [3.8, 4) is 5.75 Å². The predicted molar refractivity (Wildman–Crippen MR) is 84.0 cm³/mol. The first-order valence-electron chi connectivity index (χ1n) is 7.46. The number of ether oxygens (including phenoxy) is 1. The number of carbonyl (C=O) groups excluding carboxylic acids is 1. The minimum atomic E-state index is -0.0633. The second-order valence-electron chi connectivity index (χ2n) is 5.40. The smallest absolute Gasteiger partial charge is 0.251 e. The van der Waals surface area contributed by atoms with Gasteiger partial charge in [0.25, 0.3) is 5.91 Å². The third-order valence-electron chi connectivity index (χ3n) is 3.67. The second kappa shape index (κ2) is 7.11. The SMILES string of the molecule is CCC(C)NC(=O)c1ccc(OCc2c(C)noc2C)cc1. The van der Waals surface area contributed by atoms with Crippen molar-refractivity contribution >= 4 is 5.91 Å². The summed E-state index contributed by atoms with van der Waals surface area (Å²) in [7, 11) is 0. The fourth-order valence-corrected chi connectivity index (χ4v) is 1.98. The van der Waals surface area contributed by atoms with E-state index in [-0.39, 0.29) is 11.9 Å². The number of aromatic nitrogens is 1. The zero-order chi connectivity index (χ0) is 16.1. The molecular formula is C17H22N2O3. The Bertz CT molecular complexity index is 612. The van der Waals surface area contributed by atoms with Gasteiger partial charge in [0.2, 0.25) is 0 Å². The number of hydrogen-bond donors (Lipinski definition) is 1. The van der Waals surface area contributed by atoms with Gasteiger partial charge in [-0.1, -0.05) is 12.1 Å². The Kier molecular flexibility index (Phi) is 5.20. The molecule has 1 aromatic carbocycles. The molecule has 1 unspecified atom stereocenters. The van der Waals surface area contributed by atoms with Crippen molar-refractivity contribution in [1.82, 2.24) is 10.5 Å². The molecule has 1 N–H and O–H groups in total. The number of nitrogens with one attached hydrogen (secondary N) is 1. The van der Waals surface area contributed by atoms with Gasteiger partial charge in [-0.05, 0) is 51.5 Å². The lowest BCUT2D eigenvalue weighted by Gasteiger charge is -2.11. The first-order valence-corrected chi connectivity index (χ1v) is 7.46. The normalized spacial score (nSPS) is 12.0. The maximum absolute atomic E-state index is 12.0. The zero-order valence-electron chi connectivity index (χ0n) is 13.5. The predicted octanol–water partition coefficient (Wildman–Crippen LogP) is 3.40. The van der Waals surface area contributed by atoms with Crippen molar-refractivity contribution in [2.45, 2.75) is 46.8 Å². The van der Waals surface area contributed by atoms with Crippen LogP contribution in [0.25, 0.3) is 0 Å². The first kappa shape index (κ1) is 16.1. The Labute approximate surface area is 130 Å². The van der Waals surface area contributed by atoms with Crippen molar-refractivity contribution < 1.29 is 14.1 Å². The summed E-state index contributed by atoms with van der Waals surface area (Å²) in [4.78, 5) is 12.0. The summed E-state index contributed by atoms with van der Waals surface area (Å²) < 4.78 is 10.8. The van der Waals surface area contributed by atoms with Gasteiger partial charge < -0.3 is 14.6 Å². The molecular weight excluding hydrogens is 280 g/mol. The lowest BCUT2D eigenvalue weighted by molar-refractivity contribution is 0.0939. The summed E-state index contributed by atoms with van der Waals surface area (Å²) in [5.41, 5.74) is 2.42. The molecule has 0 saturated carbocycles. The van der Waals surface area contributed by atoms with Gasteiger partial charge in [-0.2, -0.15) is 0 Å². The summed E-state index contributed by atoms with van der Waals surface area (Å²) in [6, 6.07) is 7.29. The van der Waals surface area contributed by atoms with Crippen LogP contribution in [0.1, 0.15) is 47.6 Å². The lowest BCUT2D eigenvalue weighted by Crippen LogP contribution is -2.31. The van der Waals surface area contributed by atoms with Crippen LogP contribution in [0.3, 0.4) is 0 Å². The van der Waals surface area contributed by atoms with E-state index in [2.05, 4.69) is 10.5 Å². The van der Waals surface area contributed by atoms with Crippen molar-refractivity contribution in [2.75, 3.05) is 0 Å². The van der Waals surface area contributed by atoms with Crippen LogP contribution in [0, 0.1) is 13.8 Å². The number of rotatable bonds is 6. The molecule has 1 atom stereocenters. The number of amides is 1. The van der Waals surface area contributed by atoms with Crippen LogP contribution in [-0.2, 0) is 6.61 Å². The topological polar surface area (TPSA) is 64.4 Å². The average molecular weight is 302 g/mol. The Balaban J connectivity index is 1.96. The van der Waals surface area contributed by atoms with Crippen molar-refractivity contribution in [2.24, 2.45) is 0 Å². The van der Waals surface area contributed by atoms with Crippen LogP contribution in [0.2, 0.25) is 0 Å². The van der Waals surface area contributed by atoms with E-state index < -0.39 is 0 Å². The third kappa shape index (κ3) is 3.87. The monoisotopic (exact) mass is 302 g/mol. The van der Waals surface area contributed by atoms with Crippen LogP contribution in [0.4, 0.5) is 0 Å². The molecule has 0 aliphatic carbocycles. The molecule has 1 heterocycles. The molecule has 0 aliphatic rings. The Morgan fingerprint density at radius 3 is 2.55 bits per heavy atom. The fourth-order valence-electron chi connectivity index (χ4n) is 1.98. The van der Waals surface area contributed by atoms with Crippen LogP contribution >= 0.6 is 0 Å². The molecule has 0 aliphatic heterocycles. The number of nitrogens with zero attached hydrogens (tertiary/aromatic N) is 1. The van der Waals surface area contributed by atoms with Gasteiger partial charge in [-0.15, -0.1) is 0 Å². The van der Waals surface area contributed by atoms with Crippen LogP contribution in [0.15, 0.2) is 28.8 Å². The minimum Gasteiger partial charge on any atom is -0.489 e. The van der Waals surface area contributed by atoms with Crippen LogP contribution in [0.5, 0.6) is 5.75 Å². The maximum atomic E-state index is 12.0. The van der Waals surface area contributed by atoms with E-state index in [1.54, 1.807) is 24.3 Å². The molecule has 0 radical (unpaired) electrons. The van der Waals surface area contributed by atoms with E-state index in [0.717, 1.165) is 23.4 Å². The highest BCUT2D eigenvalue weighted by molar-refractivity contribution is 5.94. The molecule has 2 aromatic rings. The summed E-state index contributed by atoms with van der Waals surface area (Å²) >= 11 is 0. The number of aryl methyl sites for hydroxylation is 2. The highest BCUT2D eigenvalue weighted by Gasteiger charge is 2.11. The molecule has 0 spiro atoms. The third-order valence-corrected chi connectivity index (χ3v) is 3.67. The summed E-state index contributed by atoms with van der Waals surface area (Å²) in [6.45, 7) is 8.17. The number of carbonyl (C=O) groups is 1. The van der Waals surface area contributed by atoms with Gasteiger partial charge in [0.1, 0.15) is 18.1 Å². The van der Waals surface area contributed by atoms with Crippen LogP contribution in [-0.4, -0.2) is 17.1 Å². The van der Waals surface area contributed by atoms with E-state index in [1.807, 2.05) is 27.7 Å². The quantitative estimate of drug-likeness (QED) is 0.888. The summed E-state index contributed by atoms with van der Waals surface area (Å²) in [6.07, 6.45) is 0.907. The fraction of sp³-hybridized carbons (Fsp3) is 0.412. The molecule has 0 bridgehead atoms.